The Morgan fingerprint density at radius 1 is 1.15 bits per heavy atom. The van der Waals surface area contributed by atoms with E-state index in [0.717, 1.165) is 50.4 Å². The summed E-state index contributed by atoms with van der Waals surface area (Å²) in [6.07, 6.45) is 3.56. The van der Waals surface area contributed by atoms with Gasteiger partial charge in [-0.2, -0.15) is 0 Å². The second-order valence-corrected chi connectivity index (χ2v) is 6.54. The van der Waals surface area contributed by atoms with Crippen molar-refractivity contribution in [2.45, 2.75) is 26.2 Å². The highest BCUT2D eigenvalue weighted by molar-refractivity contribution is 5.94. The second kappa shape index (κ2) is 12.2. The zero-order valence-electron chi connectivity index (χ0n) is 16.4. The van der Waals surface area contributed by atoms with Crippen molar-refractivity contribution in [3.8, 4) is 5.75 Å². The third kappa shape index (κ3) is 8.77. The number of benzene rings is 1. The minimum Gasteiger partial charge on any atom is -0.497 e. The zero-order chi connectivity index (χ0) is 19.3. The summed E-state index contributed by atoms with van der Waals surface area (Å²) in [6, 6.07) is 7.05. The Bertz CT molecular complexity index is 585. The lowest BCUT2D eigenvalue weighted by Gasteiger charge is -2.12. The molecule has 0 spiro atoms. The Kier molecular flexibility index (Phi) is 9.48. The average Bonchev–Trinajstić information content (AvgIpc) is 3.52. The van der Waals surface area contributed by atoms with Gasteiger partial charge in [-0.25, -0.2) is 0 Å². The summed E-state index contributed by atoms with van der Waals surface area (Å²) in [7, 11) is 1.60. The first kappa shape index (κ1) is 21.0. The van der Waals surface area contributed by atoms with E-state index in [1.807, 2.05) is 6.92 Å². The molecule has 1 saturated carbocycles. The molecule has 1 aliphatic carbocycles. The van der Waals surface area contributed by atoms with Gasteiger partial charge in [0.25, 0.3) is 5.91 Å². The average molecular weight is 377 g/mol. The first-order valence-electron chi connectivity index (χ1n) is 9.75. The van der Waals surface area contributed by atoms with E-state index in [1.54, 1.807) is 31.4 Å². The van der Waals surface area contributed by atoms with Gasteiger partial charge in [-0.15, -0.1) is 0 Å². The molecular formula is C20H32N4O3. The number of ether oxygens (including phenoxy) is 2. The number of amides is 1. The Balaban J connectivity index is 1.60. The predicted octanol–water partition coefficient (Wildman–Crippen LogP) is 1.80. The summed E-state index contributed by atoms with van der Waals surface area (Å²) in [5.41, 5.74) is 0.613. The van der Waals surface area contributed by atoms with Gasteiger partial charge in [0.2, 0.25) is 0 Å². The summed E-state index contributed by atoms with van der Waals surface area (Å²) < 4.78 is 10.7. The lowest BCUT2D eigenvalue weighted by molar-refractivity contribution is 0.0954. The molecule has 0 heterocycles. The van der Waals surface area contributed by atoms with Gasteiger partial charge in [0.05, 0.1) is 7.11 Å². The SMILES string of the molecule is CCNC(=NCCCOCC1CC1)NCCNC(=O)c1ccc(OC)cc1. The molecule has 0 saturated heterocycles. The maximum Gasteiger partial charge on any atom is 0.251 e. The van der Waals surface area contributed by atoms with E-state index in [0.29, 0.717) is 18.7 Å². The van der Waals surface area contributed by atoms with Crippen LogP contribution in [0.4, 0.5) is 0 Å². The molecule has 0 atom stereocenters. The number of nitrogens with one attached hydrogen (secondary N) is 3. The summed E-state index contributed by atoms with van der Waals surface area (Å²) in [5.74, 6) is 2.20. The van der Waals surface area contributed by atoms with Gasteiger partial charge in [0.15, 0.2) is 5.96 Å². The maximum absolute atomic E-state index is 12.1. The van der Waals surface area contributed by atoms with Crippen LogP contribution in [0, 0.1) is 5.92 Å². The van der Waals surface area contributed by atoms with Crippen molar-refractivity contribution in [1.29, 1.82) is 0 Å². The Morgan fingerprint density at radius 3 is 2.56 bits per heavy atom. The van der Waals surface area contributed by atoms with Crippen molar-refractivity contribution in [3.63, 3.8) is 0 Å². The van der Waals surface area contributed by atoms with E-state index in [1.165, 1.54) is 12.8 Å². The van der Waals surface area contributed by atoms with Crippen LogP contribution < -0.4 is 20.7 Å². The fourth-order valence-corrected chi connectivity index (χ4v) is 2.44. The van der Waals surface area contributed by atoms with E-state index in [-0.39, 0.29) is 5.91 Å². The van der Waals surface area contributed by atoms with Gasteiger partial charge in [-0.1, -0.05) is 0 Å². The zero-order valence-corrected chi connectivity index (χ0v) is 16.4. The fourth-order valence-electron chi connectivity index (χ4n) is 2.44. The Morgan fingerprint density at radius 2 is 1.89 bits per heavy atom. The van der Waals surface area contributed by atoms with Gasteiger partial charge in [0.1, 0.15) is 5.75 Å². The molecular weight excluding hydrogens is 344 g/mol. The van der Waals surface area contributed by atoms with E-state index in [9.17, 15) is 4.79 Å². The summed E-state index contributed by atoms with van der Waals surface area (Å²) >= 11 is 0. The minimum atomic E-state index is -0.103. The summed E-state index contributed by atoms with van der Waals surface area (Å²) in [4.78, 5) is 16.6. The number of guanidine groups is 1. The Labute approximate surface area is 161 Å². The highest BCUT2D eigenvalue weighted by atomic mass is 16.5. The van der Waals surface area contributed by atoms with Crippen molar-refractivity contribution in [2.75, 3.05) is 46.5 Å². The number of aliphatic imine (C=N–C) groups is 1. The molecule has 7 nitrogen and oxygen atoms in total. The first-order valence-corrected chi connectivity index (χ1v) is 9.75. The van der Waals surface area contributed by atoms with Crippen LogP contribution >= 0.6 is 0 Å². The van der Waals surface area contributed by atoms with Crippen LogP contribution in [0.5, 0.6) is 5.75 Å². The molecule has 0 radical (unpaired) electrons. The van der Waals surface area contributed by atoms with Gasteiger partial charge in [0, 0.05) is 45.0 Å². The smallest absolute Gasteiger partial charge is 0.251 e. The molecule has 1 aromatic rings. The molecule has 1 fully saturated rings. The van der Waals surface area contributed by atoms with Crippen LogP contribution in [-0.2, 0) is 4.74 Å². The van der Waals surface area contributed by atoms with Crippen LogP contribution in [0.2, 0.25) is 0 Å². The Hall–Kier alpha value is -2.28. The van der Waals surface area contributed by atoms with Gasteiger partial charge in [-0.3, -0.25) is 9.79 Å². The highest BCUT2D eigenvalue weighted by Gasteiger charge is 2.20. The van der Waals surface area contributed by atoms with Gasteiger partial charge in [-0.05, 0) is 56.4 Å². The normalized spacial score (nSPS) is 13.9. The number of rotatable bonds is 12. The standard InChI is InChI=1S/C20H32N4O3/c1-3-21-20(23-11-4-14-27-15-16-5-6-16)24-13-12-22-19(25)17-7-9-18(26-2)10-8-17/h7-10,16H,3-6,11-15H2,1-2H3,(H,22,25)(H2,21,23,24). The molecule has 0 unspecified atom stereocenters. The maximum atomic E-state index is 12.1. The van der Waals surface area contributed by atoms with E-state index < -0.39 is 0 Å². The topological polar surface area (TPSA) is 84.0 Å². The first-order chi connectivity index (χ1) is 13.2. The third-order valence-corrected chi connectivity index (χ3v) is 4.17. The molecule has 27 heavy (non-hydrogen) atoms. The second-order valence-electron chi connectivity index (χ2n) is 6.54. The number of nitrogens with zero attached hydrogens (tertiary/aromatic N) is 1. The predicted molar refractivity (Wildman–Crippen MR) is 107 cm³/mol. The minimum absolute atomic E-state index is 0.103. The number of methoxy groups -OCH3 is 1. The molecule has 0 aliphatic heterocycles. The molecule has 3 N–H and O–H groups in total. The summed E-state index contributed by atoms with van der Waals surface area (Å²) in [6.45, 7) is 6.32. The van der Waals surface area contributed by atoms with Crippen LogP contribution in [0.15, 0.2) is 29.3 Å². The summed E-state index contributed by atoms with van der Waals surface area (Å²) in [5, 5.41) is 9.32. The van der Waals surface area contributed by atoms with Crippen LogP contribution in [0.25, 0.3) is 0 Å². The molecule has 0 bridgehead atoms. The van der Waals surface area contributed by atoms with Gasteiger partial charge >= 0.3 is 0 Å². The molecule has 0 aromatic heterocycles. The molecule has 150 valence electrons. The van der Waals surface area contributed by atoms with Crippen molar-refractivity contribution in [2.24, 2.45) is 10.9 Å². The van der Waals surface area contributed by atoms with E-state index in [4.69, 9.17) is 9.47 Å². The van der Waals surface area contributed by atoms with Crippen LogP contribution in [0.3, 0.4) is 0 Å². The third-order valence-electron chi connectivity index (χ3n) is 4.17. The van der Waals surface area contributed by atoms with Gasteiger partial charge < -0.3 is 25.4 Å². The van der Waals surface area contributed by atoms with E-state index in [2.05, 4.69) is 20.9 Å². The molecule has 2 rings (SSSR count). The van der Waals surface area contributed by atoms with Crippen molar-refractivity contribution in [3.05, 3.63) is 29.8 Å². The number of hydrogen-bond donors (Lipinski definition) is 3. The lowest BCUT2D eigenvalue weighted by Crippen LogP contribution is -2.41. The fraction of sp³-hybridized carbons (Fsp3) is 0.600. The quantitative estimate of drug-likeness (QED) is 0.294. The van der Waals surface area contributed by atoms with E-state index >= 15 is 0 Å². The lowest BCUT2D eigenvalue weighted by atomic mass is 10.2. The largest absolute Gasteiger partial charge is 0.497 e. The molecule has 1 amide bonds. The van der Waals surface area contributed by atoms with Crippen molar-refractivity contribution < 1.29 is 14.3 Å². The molecule has 1 aliphatic rings. The highest BCUT2D eigenvalue weighted by Crippen LogP contribution is 2.28. The van der Waals surface area contributed by atoms with Crippen molar-refractivity contribution >= 4 is 11.9 Å². The monoisotopic (exact) mass is 376 g/mol. The van der Waals surface area contributed by atoms with Crippen LogP contribution in [-0.4, -0.2) is 58.4 Å². The number of hydrogen-bond acceptors (Lipinski definition) is 4. The van der Waals surface area contributed by atoms with Crippen LogP contribution in [0.1, 0.15) is 36.5 Å². The van der Waals surface area contributed by atoms with Crippen molar-refractivity contribution in [1.82, 2.24) is 16.0 Å². The number of carbonyl (C=O) groups excluding carboxylic acids is 1. The molecule has 7 heteroatoms. The molecule has 1 aromatic carbocycles. The number of carbonyl (C=O) groups is 1.